The number of halogens is 2. The quantitative estimate of drug-likeness (QED) is 0.300. The fourth-order valence-electron chi connectivity index (χ4n) is 5.05. The van der Waals surface area contributed by atoms with Gasteiger partial charge in [0.05, 0.1) is 38.5 Å². The summed E-state index contributed by atoms with van der Waals surface area (Å²) in [4.78, 5) is 27.6. The summed E-state index contributed by atoms with van der Waals surface area (Å²) in [5.41, 5.74) is 5.40. The second-order valence-electron chi connectivity index (χ2n) is 10.0. The molecule has 6 aromatic rings. The van der Waals surface area contributed by atoms with E-state index in [1.165, 1.54) is 6.07 Å². The van der Waals surface area contributed by atoms with Crippen molar-refractivity contribution in [1.82, 2.24) is 44.6 Å². The van der Waals surface area contributed by atoms with E-state index in [0.717, 1.165) is 33.4 Å². The van der Waals surface area contributed by atoms with Gasteiger partial charge >= 0.3 is 0 Å². The monoisotopic (exact) mass is 599 g/mol. The van der Waals surface area contributed by atoms with Crippen molar-refractivity contribution in [2.24, 2.45) is 0 Å². The van der Waals surface area contributed by atoms with Gasteiger partial charge in [-0.1, -0.05) is 23.4 Å². The summed E-state index contributed by atoms with van der Waals surface area (Å²) in [6.45, 7) is 4.97. The van der Waals surface area contributed by atoms with Crippen LogP contribution >= 0.6 is 15.9 Å². The number of rotatable bonds is 5. The van der Waals surface area contributed by atoms with Crippen LogP contribution in [0.3, 0.4) is 0 Å². The number of carbonyl (C=O) groups is 1. The molecule has 1 fully saturated rings. The Morgan fingerprint density at radius 2 is 2.00 bits per heavy atom. The van der Waals surface area contributed by atoms with Gasteiger partial charge in [-0.25, -0.2) is 19.0 Å². The molecule has 7 rings (SSSR count). The summed E-state index contributed by atoms with van der Waals surface area (Å²) in [6.07, 6.45) is 3.49. The van der Waals surface area contributed by atoms with Crippen molar-refractivity contribution in [2.45, 2.75) is 25.8 Å². The summed E-state index contributed by atoms with van der Waals surface area (Å²) in [7, 11) is 0. The highest BCUT2D eigenvalue weighted by Gasteiger charge is 2.35. The molecule has 12 heteroatoms. The number of aromatic nitrogens is 8. The lowest BCUT2D eigenvalue weighted by Gasteiger charge is -2.38. The Bertz CT molecular complexity index is 1890. The minimum atomic E-state index is -0.306. The van der Waals surface area contributed by atoms with Crippen LogP contribution in [-0.4, -0.2) is 63.6 Å². The maximum atomic E-state index is 13.6. The van der Waals surface area contributed by atoms with Crippen LogP contribution in [0.4, 0.5) is 4.39 Å². The number of H-pyrrole nitrogens is 1. The Morgan fingerprint density at radius 3 is 2.80 bits per heavy atom. The van der Waals surface area contributed by atoms with Crippen molar-refractivity contribution in [3.05, 3.63) is 93.7 Å². The smallest absolute Gasteiger partial charge is 0.255 e. The first-order chi connectivity index (χ1) is 19.4. The van der Waals surface area contributed by atoms with Gasteiger partial charge in [0.2, 0.25) is 5.95 Å². The highest BCUT2D eigenvalue weighted by molar-refractivity contribution is 9.10. The van der Waals surface area contributed by atoms with Gasteiger partial charge in [0.25, 0.3) is 5.91 Å². The topological polar surface area (TPSA) is 110 Å². The van der Waals surface area contributed by atoms with E-state index < -0.39 is 0 Å². The molecule has 0 saturated carbocycles. The number of hydrogen-bond acceptors (Lipinski definition) is 6. The van der Waals surface area contributed by atoms with E-state index in [1.54, 1.807) is 32.6 Å². The molecule has 40 heavy (non-hydrogen) atoms. The van der Waals surface area contributed by atoms with E-state index in [4.69, 9.17) is 0 Å². The van der Waals surface area contributed by atoms with Gasteiger partial charge in [-0.2, -0.15) is 9.78 Å². The Kier molecular flexibility index (Phi) is 5.74. The first-order valence-electron chi connectivity index (χ1n) is 12.8. The lowest BCUT2D eigenvalue weighted by Crippen LogP contribution is -2.48. The molecule has 1 amide bonds. The number of nitrogens with one attached hydrogen (secondary N) is 1. The number of aryl methyl sites for hydroxylation is 1. The van der Waals surface area contributed by atoms with Crippen molar-refractivity contribution in [2.75, 3.05) is 13.1 Å². The van der Waals surface area contributed by atoms with Crippen LogP contribution in [0.2, 0.25) is 0 Å². The van der Waals surface area contributed by atoms with E-state index in [9.17, 15) is 9.18 Å². The van der Waals surface area contributed by atoms with Crippen molar-refractivity contribution in [3.63, 3.8) is 0 Å². The largest absolute Gasteiger partial charge is 0.337 e. The summed E-state index contributed by atoms with van der Waals surface area (Å²) < 4.78 is 17.5. The van der Waals surface area contributed by atoms with Gasteiger partial charge in [0.15, 0.2) is 5.65 Å². The molecular formula is C28H23BrFN9O. The van der Waals surface area contributed by atoms with Gasteiger partial charge in [-0.05, 0) is 65.7 Å². The number of amides is 1. The van der Waals surface area contributed by atoms with Gasteiger partial charge < -0.3 is 9.88 Å². The molecule has 1 N–H and O–H groups in total. The Balaban J connectivity index is 1.06. The fraction of sp³-hybridized carbons (Fsp3) is 0.214. The predicted molar refractivity (Wildman–Crippen MR) is 150 cm³/mol. The number of pyridine rings is 1. The highest BCUT2D eigenvalue weighted by atomic mass is 79.9. The molecule has 0 spiro atoms. The van der Waals surface area contributed by atoms with Crippen LogP contribution in [-0.2, 0) is 0 Å². The van der Waals surface area contributed by atoms with E-state index in [2.05, 4.69) is 46.3 Å². The molecular weight excluding hydrogens is 577 g/mol. The minimum Gasteiger partial charge on any atom is -0.337 e. The zero-order valence-corrected chi connectivity index (χ0v) is 23.2. The normalized spacial score (nSPS) is 14.7. The van der Waals surface area contributed by atoms with E-state index in [0.29, 0.717) is 34.7 Å². The number of hydrogen-bond donors (Lipinski definition) is 1. The maximum Gasteiger partial charge on any atom is 0.255 e. The molecule has 0 unspecified atom stereocenters. The highest BCUT2D eigenvalue weighted by Crippen LogP contribution is 2.30. The zero-order valence-electron chi connectivity index (χ0n) is 21.6. The molecule has 10 nitrogen and oxygen atoms in total. The van der Waals surface area contributed by atoms with E-state index in [1.807, 2.05) is 50.4 Å². The standard InChI is InChI=1S/C28H23BrFN9O/c1-15-20-9-18(11-31-26(20)39(35-15)28-32-23-5-3-4-6-24(23)33-28)27(40)37-12-19(13-37)25-14-38(36-34-25)16(2)17-7-8-22(30)21(29)10-17/h3-11,14,16,19H,12-13H2,1-2H3,(H,32,33)/t16-/m1/s1. The molecule has 0 bridgehead atoms. The van der Waals surface area contributed by atoms with Gasteiger partial charge in [-0.15, -0.1) is 5.10 Å². The van der Waals surface area contributed by atoms with Crippen LogP contribution in [0, 0.1) is 12.7 Å². The third-order valence-corrected chi connectivity index (χ3v) is 8.08. The molecule has 2 aromatic carbocycles. The first-order valence-corrected chi connectivity index (χ1v) is 13.6. The number of carbonyl (C=O) groups excluding carboxylic acids is 1. The molecule has 200 valence electrons. The first kappa shape index (κ1) is 24.6. The number of benzene rings is 2. The number of para-hydroxylation sites is 2. The summed E-state index contributed by atoms with van der Waals surface area (Å²) >= 11 is 3.24. The van der Waals surface area contributed by atoms with Gasteiger partial charge in [-0.3, -0.25) is 4.79 Å². The number of nitrogens with zero attached hydrogens (tertiary/aromatic N) is 8. The molecule has 4 aromatic heterocycles. The number of aromatic amines is 1. The van der Waals surface area contributed by atoms with Gasteiger partial charge in [0.1, 0.15) is 5.82 Å². The van der Waals surface area contributed by atoms with Crippen molar-refractivity contribution < 1.29 is 9.18 Å². The molecule has 1 aliphatic rings. The second kappa shape index (κ2) is 9.33. The Labute approximate surface area is 236 Å². The van der Waals surface area contributed by atoms with Gasteiger partial charge in [0, 0.05) is 36.8 Å². The molecule has 0 radical (unpaired) electrons. The summed E-state index contributed by atoms with van der Waals surface area (Å²) in [6, 6.07) is 14.4. The van der Waals surface area contributed by atoms with Crippen molar-refractivity contribution >= 4 is 43.9 Å². The average Bonchev–Trinajstić information content (AvgIpc) is 3.66. The Hall–Kier alpha value is -4.45. The van der Waals surface area contributed by atoms with Crippen LogP contribution in [0.1, 0.15) is 46.2 Å². The van der Waals surface area contributed by atoms with Crippen LogP contribution in [0.15, 0.2) is 65.4 Å². The fourth-order valence-corrected chi connectivity index (χ4v) is 5.45. The average molecular weight is 600 g/mol. The van der Waals surface area contributed by atoms with Crippen LogP contribution in [0.5, 0.6) is 0 Å². The SMILES string of the molecule is Cc1nn(-c2nc3ccccc3[nH]2)c2ncc(C(=O)N3CC(c4cn([C@H](C)c5ccc(F)c(Br)c5)nn4)C3)cc12. The molecule has 0 aliphatic carbocycles. The summed E-state index contributed by atoms with van der Waals surface area (Å²) in [5.74, 6) is 0.280. The lowest BCUT2D eigenvalue weighted by molar-refractivity contribution is 0.0598. The molecule has 5 heterocycles. The van der Waals surface area contributed by atoms with E-state index in [-0.39, 0.29) is 23.7 Å². The predicted octanol–water partition coefficient (Wildman–Crippen LogP) is 4.95. The number of fused-ring (bicyclic) bond motifs is 2. The lowest BCUT2D eigenvalue weighted by atomic mass is 9.96. The molecule has 1 atom stereocenters. The molecule has 1 saturated heterocycles. The van der Waals surface area contributed by atoms with Crippen molar-refractivity contribution in [3.8, 4) is 5.95 Å². The maximum absolute atomic E-state index is 13.6. The number of likely N-dealkylation sites (tertiary alicyclic amines) is 1. The van der Waals surface area contributed by atoms with Crippen LogP contribution < -0.4 is 0 Å². The van der Waals surface area contributed by atoms with Crippen molar-refractivity contribution in [1.29, 1.82) is 0 Å². The third-order valence-electron chi connectivity index (χ3n) is 7.47. The summed E-state index contributed by atoms with van der Waals surface area (Å²) in [5, 5.41) is 14.1. The number of imidazole rings is 1. The minimum absolute atomic E-state index is 0.0848. The second-order valence-corrected chi connectivity index (χ2v) is 10.9. The van der Waals surface area contributed by atoms with Crippen LogP contribution in [0.25, 0.3) is 28.0 Å². The van der Waals surface area contributed by atoms with E-state index >= 15 is 0 Å². The zero-order chi connectivity index (χ0) is 27.5. The molecule has 1 aliphatic heterocycles. The third kappa shape index (κ3) is 4.06. The Morgan fingerprint density at radius 1 is 1.18 bits per heavy atom.